The summed E-state index contributed by atoms with van der Waals surface area (Å²) < 4.78 is 5.42. The lowest BCUT2D eigenvalue weighted by atomic mass is 10.2. The highest BCUT2D eigenvalue weighted by molar-refractivity contribution is 5.93. The maximum atomic E-state index is 11.8. The van der Waals surface area contributed by atoms with Gasteiger partial charge in [-0.25, -0.2) is 0 Å². The highest BCUT2D eigenvalue weighted by Gasteiger charge is 2.07. The van der Waals surface area contributed by atoms with E-state index in [0.717, 1.165) is 6.42 Å². The van der Waals surface area contributed by atoms with Crippen LogP contribution in [0, 0.1) is 11.3 Å². The van der Waals surface area contributed by atoms with E-state index in [1.54, 1.807) is 24.3 Å². The van der Waals surface area contributed by atoms with Crippen LogP contribution in [0.1, 0.15) is 18.1 Å². The molecule has 1 N–H and O–H groups in total. The minimum absolute atomic E-state index is 0.0920. The summed E-state index contributed by atoms with van der Waals surface area (Å²) in [5, 5.41) is 11.6. The highest BCUT2D eigenvalue weighted by Crippen LogP contribution is 2.15. The Morgan fingerprint density at radius 1 is 1.19 bits per heavy atom. The molecule has 0 aliphatic rings. The quantitative estimate of drug-likeness (QED) is 0.915. The number of anilines is 1. The zero-order valence-corrected chi connectivity index (χ0v) is 11.8. The molecule has 0 unspecified atom stereocenters. The number of carbonyl (C=O) groups is 1. The predicted octanol–water partition coefficient (Wildman–Crippen LogP) is 3.14. The number of hydrogen-bond acceptors (Lipinski definition) is 3. The lowest BCUT2D eigenvalue weighted by Gasteiger charge is -2.09. The van der Waals surface area contributed by atoms with Crippen molar-refractivity contribution >= 4 is 11.6 Å². The molecule has 0 saturated heterocycles. The van der Waals surface area contributed by atoms with Crippen molar-refractivity contribution in [3.63, 3.8) is 0 Å². The van der Waals surface area contributed by atoms with E-state index in [0.29, 0.717) is 17.0 Å². The molecule has 2 aromatic carbocycles. The van der Waals surface area contributed by atoms with Crippen molar-refractivity contribution in [1.82, 2.24) is 0 Å². The summed E-state index contributed by atoms with van der Waals surface area (Å²) in [5.74, 6) is 0.355. The third-order valence-corrected chi connectivity index (χ3v) is 3.02. The van der Waals surface area contributed by atoms with Gasteiger partial charge in [-0.2, -0.15) is 5.26 Å². The Hall–Kier alpha value is -2.80. The van der Waals surface area contributed by atoms with Gasteiger partial charge in [0.15, 0.2) is 6.61 Å². The van der Waals surface area contributed by atoms with Crippen molar-refractivity contribution in [3.05, 3.63) is 59.7 Å². The molecule has 0 radical (unpaired) electrons. The van der Waals surface area contributed by atoms with Gasteiger partial charge in [-0.1, -0.05) is 31.2 Å². The van der Waals surface area contributed by atoms with Crippen molar-refractivity contribution in [3.8, 4) is 11.8 Å². The monoisotopic (exact) mass is 280 g/mol. The number of nitrogens with one attached hydrogen (secondary N) is 1. The molecular formula is C17H16N2O2. The first-order valence-corrected chi connectivity index (χ1v) is 6.73. The molecule has 0 heterocycles. The first kappa shape index (κ1) is 14.6. The van der Waals surface area contributed by atoms with Gasteiger partial charge >= 0.3 is 0 Å². The fraction of sp³-hybridized carbons (Fsp3) is 0.176. The molecule has 0 fully saturated rings. The number of amides is 1. The van der Waals surface area contributed by atoms with Crippen LogP contribution in [0.5, 0.6) is 5.75 Å². The summed E-state index contributed by atoms with van der Waals surface area (Å²) in [5.41, 5.74) is 2.14. The number of hydrogen-bond donors (Lipinski definition) is 1. The Morgan fingerprint density at radius 2 is 1.90 bits per heavy atom. The zero-order valence-electron chi connectivity index (χ0n) is 11.8. The number of nitrogens with zero attached hydrogens (tertiary/aromatic N) is 1. The third-order valence-electron chi connectivity index (χ3n) is 3.02. The van der Waals surface area contributed by atoms with Crippen molar-refractivity contribution in [1.29, 1.82) is 5.26 Å². The van der Waals surface area contributed by atoms with Crippen LogP contribution >= 0.6 is 0 Å². The van der Waals surface area contributed by atoms with Crippen LogP contribution in [0.25, 0.3) is 0 Å². The number of benzene rings is 2. The standard InChI is InChI=1S/C17H16N2O2/c1-2-13-7-9-15(10-8-13)21-12-17(20)19-16-6-4-3-5-14(16)11-18/h3-10H,2,12H2,1H3,(H,19,20). The summed E-state index contributed by atoms with van der Waals surface area (Å²) in [6.07, 6.45) is 0.964. The van der Waals surface area contributed by atoms with Gasteiger partial charge in [-0.15, -0.1) is 0 Å². The number of ether oxygens (including phenoxy) is 1. The van der Waals surface area contributed by atoms with E-state index in [4.69, 9.17) is 10.00 Å². The summed E-state index contributed by atoms with van der Waals surface area (Å²) in [6, 6.07) is 16.5. The van der Waals surface area contributed by atoms with Crippen LogP contribution in [-0.4, -0.2) is 12.5 Å². The summed E-state index contributed by atoms with van der Waals surface area (Å²) >= 11 is 0. The largest absolute Gasteiger partial charge is 0.484 e. The van der Waals surface area contributed by atoms with Gasteiger partial charge in [-0.05, 0) is 36.2 Å². The molecule has 2 aromatic rings. The van der Waals surface area contributed by atoms with Crippen LogP contribution in [0.2, 0.25) is 0 Å². The Labute approximate surface area is 124 Å². The molecule has 0 saturated carbocycles. The molecule has 2 rings (SSSR count). The molecular weight excluding hydrogens is 264 g/mol. The molecule has 4 heteroatoms. The second kappa shape index (κ2) is 7.11. The smallest absolute Gasteiger partial charge is 0.262 e. The number of rotatable bonds is 5. The molecule has 4 nitrogen and oxygen atoms in total. The van der Waals surface area contributed by atoms with E-state index in [2.05, 4.69) is 12.2 Å². The van der Waals surface area contributed by atoms with E-state index >= 15 is 0 Å². The minimum atomic E-state index is -0.294. The average molecular weight is 280 g/mol. The summed E-state index contributed by atoms with van der Waals surface area (Å²) in [7, 11) is 0. The molecule has 0 spiro atoms. The van der Waals surface area contributed by atoms with Crippen molar-refractivity contribution < 1.29 is 9.53 Å². The van der Waals surface area contributed by atoms with Crippen molar-refractivity contribution in [2.45, 2.75) is 13.3 Å². The zero-order chi connectivity index (χ0) is 15.1. The van der Waals surface area contributed by atoms with E-state index in [9.17, 15) is 4.79 Å². The molecule has 0 aliphatic carbocycles. The predicted molar refractivity (Wildman–Crippen MR) is 81.1 cm³/mol. The molecule has 0 aliphatic heterocycles. The van der Waals surface area contributed by atoms with Gasteiger partial charge in [-0.3, -0.25) is 4.79 Å². The SMILES string of the molecule is CCc1ccc(OCC(=O)Nc2ccccc2C#N)cc1. The molecule has 0 atom stereocenters. The Morgan fingerprint density at radius 3 is 2.57 bits per heavy atom. The van der Waals surface area contributed by atoms with Crippen LogP contribution in [0.3, 0.4) is 0 Å². The first-order valence-electron chi connectivity index (χ1n) is 6.73. The summed E-state index contributed by atoms with van der Waals surface area (Å²) in [4.78, 5) is 11.8. The molecule has 0 bridgehead atoms. The van der Waals surface area contributed by atoms with E-state index < -0.39 is 0 Å². The van der Waals surface area contributed by atoms with Crippen LogP contribution in [-0.2, 0) is 11.2 Å². The highest BCUT2D eigenvalue weighted by atomic mass is 16.5. The average Bonchev–Trinajstić information content (AvgIpc) is 2.54. The van der Waals surface area contributed by atoms with Gasteiger partial charge in [0.25, 0.3) is 5.91 Å². The third kappa shape index (κ3) is 4.08. The maximum absolute atomic E-state index is 11.8. The number of nitriles is 1. The number of aryl methyl sites for hydroxylation is 1. The Balaban J connectivity index is 1.91. The number of carbonyl (C=O) groups excluding carboxylic acids is 1. The lowest BCUT2D eigenvalue weighted by Crippen LogP contribution is -2.20. The second-order valence-corrected chi connectivity index (χ2v) is 4.49. The first-order chi connectivity index (χ1) is 10.2. The number of para-hydroxylation sites is 1. The van der Waals surface area contributed by atoms with Gasteiger partial charge < -0.3 is 10.1 Å². The van der Waals surface area contributed by atoms with Crippen LogP contribution in [0.15, 0.2) is 48.5 Å². The van der Waals surface area contributed by atoms with Gasteiger partial charge in [0.2, 0.25) is 0 Å². The van der Waals surface area contributed by atoms with Crippen molar-refractivity contribution in [2.75, 3.05) is 11.9 Å². The van der Waals surface area contributed by atoms with E-state index in [1.807, 2.05) is 30.3 Å². The van der Waals surface area contributed by atoms with E-state index in [1.165, 1.54) is 5.56 Å². The van der Waals surface area contributed by atoms with E-state index in [-0.39, 0.29) is 12.5 Å². The van der Waals surface area contributed by atoms with Crippen LogP contribution in [0.4, 0.5) is 5.69 Å². The normalized spacial score (nSPS) is 9.71. The minimum Gasteiger partial charge on any atom is -0.484 e. The maximum Gasteiger partial charge on any atom is 0.262 e. The Kier molecular flexibility index (Phi) is 4.94. The molecule has 1 amide bonds. The fourth-order valence-electron chi connectivity index (χ4n) is 1.85. The fourth-order valence-corrected chi connectivity index (χ4v) is 1.85. The Bertz CT molecular complexity index is 657. The van der Waals surface area contributed by atoms with Crippen molar-refractivity contribution in [2.24, 2.45) is 0 Å². The summed E-state index contributed by atoms with van der Waals surface area (Å²) in [6.45, 7) is 1.99. The molecule has 106 valence electrons. The van der Waals surface area contributed by atoms with Gasteiger partial charge in [0.1, 0.15) is 11.8 Å². The topological polar surface area (TPSA) is 62.1 Å². The van der Waals surface area contributed by atoms with Crippen LogP contribution < -0.4 is 10.1 Å². The molecule has 21 heavy (non-hydrogen) atoms. The second-order valence-electron chi connectivity index (χ2n) is 4.49. The molecule has 0 aromatic heterocycles. The lowest BCUT2D eigenvalue weighted by molar-refractivity contribution is -0.118. The van der Waals surface area contributed by atoms with Gasteiger partial charge in [0, 0.05) is 0 Å². The van der Waals surface area contributed by atoms with Gasteiger partial charge in [0.05, 0.1) is 11.3 Å².